The second kappa shape index (κ2) is 10.9. The van der Waals surface area contributed by atoms with Crippen molar-refractivity contribution in [1.82, 2.24) is 25.3 Å². The summed E-state index contributed by atoms with van der Waals surface area (Å²) >= 11 is 0. The zero-order valence-corrected chi connectivity index (χ0v) is 17.8. The molecule has 0 amide bonds. The molecule has 24 heavy (non-hydrogen) atoms. The molecule has 138 valence electrons. The Morgan fingerprint density at radius 1 is 1.42 bits per heavy atom. The van der Waals surface area contributed by atoms with Crippen LogP contribution in [0.15, 0.2) is 17.3 Å². The number of hydrogen-bond donors (Lipinski definition) is 2. The smallest absolute Gasteiger partial charge is 0.191 e. The highest BCUT2D eigenvalue weighted by atomic mass is 127. The number of guanidine groups is 1. The van der Waals surface area contributed by atoms with Gasteiger partial charge in [0.15, 0.2) is 5.96 Å². The summed E-state index contributed by atoms with van der Waals surface area (Å²) < 4.78 is 1.87. The van der Waals surface area contributed by atoms with Crippen LogP contribution in [0.3, 0.4) is 0 Å². The molecule has 2 heterocycles. The first-order valence-electron chi connectivity index (χ1n) is 8.83. The molecule has 0 aliphatic carbocycles. The zero-order valence-electron chi connectivity index (χ0n) is 15.5. The quantitative estimate of drug-likeness (QED) is 0.398. The molecule has 0 radical (unpaired) electrons. The van der Waals surface area contributed by atoms with Gasteiger partial charge in [-0.2, -0.15) is 5.10 Å². The third-order valence-corrected chi connectivity index (χ3v) is 4.50. The van der Waals surface area contributed by atoms with Crippen molar-refractivity contribution in [1.29, 1.82) is 0 Å². The van der Waals surface area contributed by atoms with Gasteiger partial charge in [-0.25, -0.2) is 4.99 Å². The molecule has 1 aliphatic rings. The average molecular weight is 448 g/mol. The minimum atomic E-state index is 0. The summed E-state index contributed by atoms with van der Waals surface area (Å²) in [6.45, 7) is 11.6. The van der Waals surface area contributed by atoms with Gasteiger partial charge >= 0.3 is 0 Å². The van der Waals surface area contributed by atoms with Gasteiger partial charge < -0.3 is 15.5 Å². The lowest BCUT2D eigenvalue weighted by atomic mass is 9.97. The van der Waals surface area contributed by atoms with Gasteiger partial charge in [-0.05, 0) is 52.1 Å². The van der Waals surface area contributed by atoms with Crippen molar-refractivity contribution >= 4 is 29.9 Å². The number of rotatable bonds is 6. The first-order chi connectivity index (χ1) is 11.1. The van der Waals surface area contributed by atoms with Crippen molar-refractivity contribution in [3.05, 3.63) is 18.0 Å². The Morgan fingerprint density at radius 2 is 2.21 bits per heavy atom. The average Bonchev–Trinajstić information content (AvgIpc) is 2.95. The summed E-state index contributed by atoms with van der Waals surface area (Å²) in [5, 5.41) is 11.0. The number of piperidine rings is 1. The molecule has 1 unspecified atom stereocenters. The van der Waals surface area contributed by atoms with Gasteiger partial charge in [0.2, 0.25) is 0 Å². The summed E-state index contributed by atoms with van der Waals surface area (Å²) in [5.41, 5.74) is 1.12. The third-order valence-electron chi connectivity index (χ3n) is 4.50. The number of nitrogens with zero attached hydrogens (tertiary/aromatic N) is 4. The maximum atomic E-state index is 4.68. The van der Waals surface area contributed by atoms with E-state index in [1.165, 1.54) is 25.9 Å². The Morgan fingerprint density at radius 3 is 2.83 bits per heavy atom. The van der Waals surface area contributed by atoms with E-state index in [1.54, 1.807) is 0 Å². The zero-order chi connectivity index (χ0) is 16.7. The molecule has 1 fully saturated rings. The molecule has 2 N–H and O–H groups in total. The first kappa shape index (κ1) is 21.2. The second-order valence-corrected chi connectivity index (χ2v) is 6.62. The highest BCUT2D eigenvalue weighted by Crippen LogP contribution is 2.17. The van der Waals surface area contributed by atoms with Crippen LogP contribution in [-0.2, 0) is 13.6 Å². The van der Waals surface area contributed by atoms with Gasteiger partial charge in [0.05, 0.1) is 12.2 Å². The topological polar surface area (TPSA) is 57.5 Å². The van der Waals surface area contributed by atoms with E-state index >= 15 is 0 Å². The Kier molecular flexibility index (Phi) is 9.65. The van der Waals surface area contributed by atoms with E-state index in [0.717, 1.165) is 24.7 Å². The predicted octanol–water partition coefficient (Wildman–Crippen LogP) is 2.21. The van der Waals surface area contributed by atoms with E-state index in [0.29, 0.717) is 18.5 Å². The molecule has 2 rings (SSSR count). The van der Waals surface area contributed by atoms with Crippen molar-refractivity contribution in [2.75, 3.05) is 26.2 Å². The summed E-state index contributed by atoms with van der Waals surface area (Å²) in [6.07, 6.45) is 4.41. The number of nitrogens with one attached hydrogen (secondary N) is 2. The SMILES string of the molecule is CCNC(=NCc1ccnn1C)NCC1CCCN(C(C)C)C1.I. The molecule has 1 atom stereocenters. The molecule has 1 saturated heterocycles. The monoisotopic (exact) mass is 448 g/mol. The lowest BCUT2D eigenvalue weighted by molar-refractivity contribution is 0.141. The molecule has 1 aromatic rings. The highest BCUT2D eigenvalue weighted by Gasteiger charge is 2.21. The van der Waals surface area contributed by atoms with Crippen LogP contribution in [0.4, 0.5) is 0 Å². The van der Waals surface area contributed by atoms with Gasteiger partial charge in [0.1, 0.15) is 0 Å². The summed E-state index contributed by atoms with van der Waals surface area (Å²) in [6, 6.07) is 2.65. The minimum absolute atomic E-state index is 0. The molecule has 6 nitrogen and oxygen atoms in total. The van der Waals surface area contributed by atoms with E-state index in [2.05, 4.69) is 46.4 Å². The fourth-order valence-corrected chi connectivity index (χ4v) is 3.03. The van der Waals surface area contributed by atoms with Crippen molar-refractivity contribution < 1.29 is 0 Å². The number of halogens is 1. The highest BCUT2D eigenvalue weighted by molar-refractivity contribution is 14.0. The van der Waals surface area contributed by atoms with Crippen LogP contribution < -0.4 is 10.6 Å². The van der Waals surface area contributed by atoms with Crippen molar-refractivity contribution in [2.24, 2.45) is 18.0 Å². The number of aliphatic imine (C=N–C) groups is 1. The van der Waals surface area contributed by atoms with Crippen LogP contribution in [0.25, 0.3) is 0 Å². The lowest BCUT2D eigenvalue weighted by Crippen LogP contribution is -2.46. The standard InChI is InChI=1S/C17H32N6.HI/c1-5-18-17(20-12-16-8-9-21-22(16)4)19-11-15-7-6-10-23(13-15)14(2)3;/h8-9,14-15H,5-7,10-13H2,1-4H3,(H2,18,19,20);1H. The fraction of sp³-hybridized carbons (Fsp3) is 0.765. The number of aromatic nitrogens is 2. The van der Waals surface area contributed by atoms with E-state index in [-0.39, 0.29) is 24.0 Å². The minimum Gasteiger partial charge on any atom is -0.357 e. The molecule has 0 spiro atoms. The number of hydrogen-bond acceptors (Lipinski definition) is 3. The van der Waals surface area contributed by atoms with Crippen LogP contribution in [0, 0.1) is 5.92 Å². The van der Waals surface area contributed by atoms with Crippen LogP contribution in [-0.4, -0.2) is 52.9 Å². The van der Waals surface area contributed by atoms with E-state index in [4.69, 9.17) is 0 Å². The Bertz CT molecular complexity index is 499. The molecular weight excluding hydrogens is 415 g/mol. The summed E-state index contributed by atoms with van der Waals surface area (Å²) in [5.74, 6) is 1.60. The largest absolute Gasteiger partial charge is 0.357 e. The van der Waals surface area contributed by atoms with Crippen molar-refractivity contribution in [3.8, 4) is 0 Å². The molecule has 1 aromatic heterocycles. The number of aryl methyl sites for hydroxylation is 1. The Labute approximate surface area is 163 Å². The molecule has 0 saturated carbocycles. The van der Waals surface area contributed by atoms with E-state index < -0.39 is 0 Å². The van der Waals surface area contributed by atoms with Crippen LogP contribution in [0.2, 0.25) is 0 Å². The van der Waals surface area contributed by atoms with Crippen molar-refractivity contribution in [2.45, 2.75) is 46.2 Å². The van der Waals surface area contributed by atoms with Gasteiger partial charge in [-0.1, -0.05) is 0 Å². The van der Waals surface area contributed by atoms with E-state index in [9.17, 15) is 0 Å². The Hall–Kier alpha value is -0.830. The van der Waals surface area contributed by atoms with Gasteiger partial charge in [-0.3, -0.25) is 4.68 Å². The lowest BCUT2D eigenvalue weighted by Gasteiger charge is -2.35. The van der Waals surface area contributed by atoms with Gasteiger partial charge in [0, 0.05) is 38.9 Å². The van der Waals surface area contributed by atoms with E-state index in [1.807, 2.05) is 24.0 Å². The number of likely N-dealkylation sites (tertiary alicyclic amines) is 1. The normalized spacial score (nSPS) is 19.2. The van der Waals surface area contributed by atoms with Gasteiger partial charge in [0.25, 0.3) is 0 Å². The van der Waals surface area contributed by atoms with Crippen molar-refractivity contribution in [3.63, 3.8) is 0 Å². The molecule has 7 heteroatoms. The maximum absolute atomic E-state index is 4.68. The molecule has 0 aromatic carbocycles. The van der Waals surface area contributed by atoms with Crippen LogP contribution in [0.1, 0.15) is 39.3 Å². The second-order valence-electron chi connectivity index (χ2n) is 6.62. The summed E-state index contributed by atoms with van der Waals surface area (Å²) in [4.78, 5) is 7.25. The first-order valence-corrected chi connectivity index (χ1v) is 8.83. The molecule has 0 bridgehead atoms. The fourth-order valence-electron chi connectivity index (χ4n) is 3.03. The molecule has 1 aliphatic heterocycles. The van der Waals surface area contributed by atoms with Crippen LogP contribution in [0.5, 0.6) is 0 Å². The summed E-state index contributed by atoms with van der Waals surface area (Å²) in [7, 11) is 1.95. The molecular formula is C17H33IN6. The maximum Gasteiger partial charge on any atom is 0.191 e. The van der Waals surface area contributed by atoms with Gasteiger partial charge in [-0.15, -0.1) is 24.0 Å². The predicted molar refractivity (Wildman–Crippen MR) is 111 cm³/mol. The third kappa shape index (κ3) is 6.58. The Balaban J connectivity index is 0.00000288. The van der Waals surface area contributed by atoms with Crippen LogP contribution >= 0.6 is 24.0 Å².